The van der Waals surface area contributed by atoms with Gasteiger partial charge in [-0.05, 0) is 25.5 Å². The smallest absolute Gasteiger partial charge is 0.254 e. The van der Waals surface area contributed by atoms with Crippen molar-refractivity contribution >= 4 is 17.6 Å². The van der Waals surface area contributed by atoms with Crippen LogP contribution in [0.15, 0.2) is 41.1 Å². The summed E-state index contributed by atoms with van der Waals surface area (Å²) in [4.78, 5) is 26.6. The van der Waals surface area contributed by atoms with Crippen LogP contribution in [0.4, 0.5) is 5.82 Å². The van der Waals surface area contributed by atoms with Gasteiger partial charge in [-0.1, -0.05) is 49.0 Å². The molecule has 0 atom stereocenters. The molecule has 2 amide bonds. The van der Waals surface area contributed by atoms with E-state index in [0.29, 0.717) is 17.9 Å². The number of aryl methyl sites for hydroxylation is 1. The van der Waals surface area contributed by atoms with Crippen LogP contribution in [0.1, 0.15) is 48.5 Å². The molecule has 0 saturated heterocycles. The predicted octanol–water partition coefficient (Wildman–Crippen LogP) is 3.64. The lowest BCUT2D eigenvalue weighted by molar-refractivity contribution is -0.117. The van der Waals surface area contributed by atoms with Gasteiger partial charge in [-0.3, -0.25) is 9.59 Å². The Morgan fingerprint density at radius 1 is 1.12 bits per heavy atom. The molecule has 134 valence electrons. The Hall–Kier alpha value is -2.63. The van der Waals surface area contributed by atoms with Crippen LogP contribution in [-0.2, 0) is 4.79 Å². The van der Waals surface area contributed by atoms with Gasteiger partial charge in [-0.25, -0.2) is 0 Å². The van der Waals surface area contributed by atoms with Gasteiger partial charge in [0.25, 0.3) is 5.91 Å². The highest BCUT2D eigenvalue weighted by Crippen LogP contribution is 2.10. The molecule has 2 aromatic rings. The predicted molar refractivity (Wildman–Crippen MR) is 96.4 cm³/mol. The first kappa shape index (κ1) is 18.7. The number of aromatic nitrogens is 1. The maximum absolute atomic E-state index is 12.8. The Balaban J connectivity index is 2.01. The molecule has 0 fully saturated rings. The summed E-state index contributed by atoms with van der Waals surface area (Å²) in [6.45, 7) is 4.66. The van der Waals surface area contributed by atoms with Gasteiger partial charge in [-0.2, -0.15) is 0 Å². The largest absolute Gasteiger partial charge is 0.363 e. The quantitative estimate of drug-likeness (QED) is 0.705. The lowest BCUT2D eigenvalue weighted by atomic mass is 10.1. The third-order valence-corrected chi connectivity index (χ3v) is 3.91. The number of amides is 2. The first-order valence-electron chi connectivity index (χ1n) is 8.66. The Morgan fingerprint density at radius 2 is 1.88 bits per heavy atom. The van der Waals surface area contributed by atoms with Crippen LogP contribution in [0, 0.1) is 6.92 Å². The molecule has 0 aliphatic carbocycles. The van der Waals surface area contributed by atoms with Crippen molar-refractivity contribution in [3.63, 3.8) is 0 Å². The van der Waals surface area contributed by atoms with Crippen LogP contribution >= 0.6 is 0 Å². The third kappa shape index (κ3) is 6.06. The molecule has 0 unspecified atom stereocenters. The molecule has 1 aromatic heterocycles. The van der Waals surface area contributed by atoms with E-state index in [9.17, 15) is 9.59 Å². The van der Waals surface area contributed by atoms with Crippen molar-refractivity contribution in [1.29, 1.82) is 0 Å². The van der Waals surface area contributed by atoms with Gasteiger partial charge in [0.05, 0.1) is 0 Å². The summed E-state index contributed by atoms with van der Waals surface area (Å²) in [5.41, 5.74) is 1.69. The molecule has 0 bridgehead atoms. The van der Waals surface area contributed by atoms with Crippen molar-refractivity contribution < 1.29 is 14.1 Å². The average molecular weight is 343 g/mol. The Bertz CT molecular complexity index is 666. The summed E-state index contributed by atoms with van der Waals surface area (Å²) in [6.07, 6.45) is 5.55. The first-order chi connectivity index (χ1) is 12.1. The second kappa shape index (κ2) is 9.61. The number of hydrogen-bond acceptors (Lipinski definition) is 4. The fourth-order valence-corrected chi connectivity index (χ4v) is 2.49. The monoisotopic (exact) mass is 343 g/mol. The third-order valence-electron chi connectivity index (χ3n) is 3.91. The van der Waals surface area contributed by atoms with E-state index in [1.54, 1.807) is 23.1 Å². The highest BCUT2D eigenvalue weighted by molar-refractivity contribution is 5.99. The molecular weight excluding hydrogens is 318 g/mol. The number of benzene rings is 1. The number of nitrogens with zero attached hydrogens (tertiary/aromatic N) is 2. The van der Waals surface area contributed by atoms with Crippen LogP contribution in [-0.4, -0.2) is 35.0 Å². The van der Waals surface area contributed by atoms with Crippen molar-refractivity contribution in [2.45, 2.75) is 39.5 Å². The van der Waals surface area contributed by atoms with Gasteiger partial charge in [-0.15, -0.1) is 0 Å². The highest BCUT2D eigenvalue weighted by Gasteiger charge is 2.19. The standard InChI is InChI=1S/C19H25N3O3/c1-3-4-5-6-12-22(14-18(23)20-17-11-13-25-21-17)19(24)16-9-7-15(2)8-10-16/h7-11,13H,3-6,12,14H2,1-2H3,(H,20,21,23). The zero-order chi connectivity index (χ0) is 18.1. The van der Waals surface area contributed by atoms with E-state index < -0.39 is 0 Å². The van der Waals surface area contributed by atoms with E-state index in [-0.39, 0.29) is 18.4 Å². The number of anilines is 1. The number of nitrogens with one attached hydrogen (secondary N) is 1. The number of carbonyl (C=O) groups is 2. The molecule has 0 radical (unpaired) electrons. The van der Waals surface area contributed by atoms with Gasteiger partial charge in [0, 0.05) is 18.2 Å². The Kier molecular flexibility index (Phi) is 7.19. The van der Waals surface area contributed by atoms with Crippen LogP contribution in [0.3, 0.4) is 0 Å². The zero-order valence-electron chi connectivity index (χ0n) is 14.8. The lowest BCUT2D eigenvalue weighted by Crippen LogP contribution is -2.38. The maximum atomic E-state index is 12.8. The maximum Gasteiger partial charge on any atom is 0.254 e. The summed E-state index contributed by atoms with van der Waals surface area (Å²) in [6, 6.07) is 8.96. The minimum absolute atomic E-state index is 0.00824. The van der Waals surface area contributed by atoms with Gasteiger partial charge in [0.15, 0.2) is 5.82 Å². The number of hydrogen-bond donors (Lipinski definition) is 1. The number of carbonyl (C=O) groups excluding carboxylic acids is 2. The summed E-state index contributed by atoms with van der Waals surface area (Å²) in [5.74, 6) is -0.0737. The minimum Gasteiger partial charge on any atom is -0.363 e. The Labute approximate surface area is 148 Å². The van der Waals surface area contributed by atoms with Gasteiger partial charge >= 0.3 is 0 Å². The molecule has 6 nitrogen and oxygen atoms in total. The van der Waals surface area contributed by atoms with Gasteiger partial charge < -0.3 is 14.7 Å². The molecule has 1 heterocycles. The topological polar surface area (TPSA) is 75.4 Å². The van der Waals surface area contributed by atoms with Crippen LogP contribution in [0.5, 0.6) is 0 Å². The lowest BCUT2D eigenvalue weighted by Gasteiger charge is -2.22. The fraction of sp³-hybridized carbons (Fsp3) is 0.421. The molecule has 1 aromatic carbocycles. The molecule has 2 rings (SSSR count). The van der Waals surface area contributed by atoms with Crippen LogP contribution < -0.4 is 5.32 Å². The summed E-state index contributed by atoms with van der Waals surface area (Å²) >= 11 is 0. The molecular formula is C19H25N3O3. The van der Waals surface area contributed by atoms with Crippen molar-refractivity contribution in [2.75, 3.05) is 18.4 Å². The SMILES string of the molecule is CCCCCCN(CC(=O)Nc1ccon1)C(=O)c1ccc(C)cc1. The van der Waals surface area contributed by atoms with E-state index in [4.69, 9.17) is 4.52 Å². The zero-order valence-corrected chi connectivity index (χ0v) is 14.8. The molecule has 0 aliphatic heterocycles. The molecule has 25 heavy (non-hydrogen) atoms. The second-order valence-electron chi connectivity index (χ2n) is 6.09. The summed E-state index contributed by atoms with van der Waals surface area (Å²) < 4.78 is 4.69. The summed E-state index contributed by atoms with van der Waals surface area (Å²) in [7, 11) is 0. The van der Waals surface area contributed by atoms with E-state index in [2.05, 4.69) is 17.4 Å². The number of rotatable bonds is 9. The van der Waals surface area contributed by atoms with Crippen LogP contribution in [0.25, 0.3) is 0 Å². The second-order valence-corrected chi connectivity index (χ2v) is 6.09. The minimum atomic E-state index is -0.287. The van der Waals surface area contributed by atoms with Gasteiger partial charge in [0.2, 0.25) is 5.91 Å². The molecule has 0 aliphatic rings. The first-order valence-corrected chi connectivity index (χ1v) is 8.66. The van der Waals surface area contributed by atoms with E-state index in [0.717, 1.165) is 31.2 Å². The summed E-state index contributed by atoms with van der Waals surface area (Å²) in [5, 5.41) is 6.28. The highest BCUT2D eigenvalue weighted by atomic mass is 16.5. The normalized spacial score (nSPS) is 10.5. The van der Waals surface area contributed by atoms with E-state index in [1.165, 1.54) is 6.26 Å². The van der Waals surface area contributed by atoms with Crippen molar-refractivity contribution in [2.24, 2.45) is 0 Å². The van der Waals surface area contributed by atoms with E-state index >= 15 is 0 Å². The fourth-order valence-electron chi connectivity index (χ4n) is 2.49. The van der Waals surface area contributed by atoms with Gasteiger partial charge in [0.1, 0.15) is 12.8 Å². The van der Waals surface area contributed by atoms with Crippen molar-refractivity contribution in [1.82, 2.24) is 10.1 Å². The molecule has 6 heteroatoms. The van der Waals surface area contributed by atoms with Crippen molar-refractivity contribution in [3.8, 4) is 0 Å². The van der Waals surface area contributed by atoms with Crippen molar-refractivity contribution in [3.05, 3.63) is 47.7 Å². The molecule has 0 spiro atoms. The van der Waals surface area contributed by atoms with E-state index in [1.807, 2.05) is 19.1 Å². The Morgan fingerprint density at radius 3 is 2.52 bits per heavy atom. The average Bonchev–Trinajstić information content (AvgIpc) is 3.10. The molecule has 1 N–H and O–H groups in total. The molecule has 0 saturated carbocycles. The van der Waals surface area contributed by atoms with Crippen LogP contribution in [0.2, 0.25) is 0 Å². The number of unbranched alkanes of at least 4 members (excludes halogenated alkanes) is 3.